The summed E-state index contributed by atoms with van der Waals surface area (Å²) in [5, 5.41) is 6.05. The van der Waals surface area contributed by atoms with Crippen LogP contribution in [0.4, 0.5) is 5.69 Å². The van der Waals surface area contributed by atoms with E-state index < -0.39 is 0 Å². The second-order valence-electron chi connectivity index (χ2n) is 7.55. The van der Waals surface area contributed by atoms with Crippen LogP contribution in [0.3, 0.4) is 0 Å². The van der Waals surface area contributed by atoms with Crippen molar-refractivity contribution in [3.8, 4) is 0 Å². The number of rotatable bonds is 1. The molecule has 6 rings (SSSR count). The van der Waals surface area contributed by atoms with Crippen molar-refractivity contribution in [3.05, 3.63) is 54.9 Å². The van der Waals surface area contributed by atoms with E-state index in [4.69, 9.17) is 22.2 Å². The lowest BCUT2D eigenvalue weighted by molar-refractivity contribution is 0.528. The van der Waals surface area contributed by atoms with Crippen LogP contribution in [0.15, 0.2) is 54.9 Å². The predicted octanol–water partition coefficient (Wildman–Crippen LogP) is 4.67. The summed E-state index contributed by atoms with van der Waals surface area (Å²) < 4.78 is 0. The van der Waals surface area contributed by atoms with Crippen molar-refractivity contribution >= 4 is 66.9 Å². The zero-order valence-electron chi connectivity index (χ0n) is 16.2. The number of aromatic nitrogens is 4. The SMILES string of the molecule is S=C(Nc1ccc2nc3c4cccnc4c4ncccc4c3nc2c1)N1CCCC1. The number of anilines is 1. The maximum Gasteiger partial charge on any atom is 0.173 e. The number of thiocarbonyl (C=S) groups is 1. The molecular formula is C23H18N6S. The number of hydrogen-bond acceptors (Lipinski definition) is 5. The molecule has 4 heterocycles. The molecule has 0 atom stereocenters. The van der Waals surface area contributed by atoms with Crippen molar-refractivity contribution < 1.29 is 0 Å². The first-order chi connectivity index (χ1) is 14.8. The van der Waals surface area contributed by atoms with Crippen molar-refractivity contribution in [1.29, 1.82) is 0 Å². The standard InChI is InChI=1S/C23H18N6S/c30-23(29-11-1-2-12-29)26-14-7-8-17-18(13-14)28-22-16-6-4-10-25-20(16)19-15(21(22)27-17)5-3-9-24-19/h3-10,13H,1-2,11-12H2,(H,26,30). The van der Waals surface area contributed by atoms with E-state index in [0.717, 1.165) is 67.8 Å². The quantitative estimate of drug-likeness (QED) is 0.245. The van der Waals surface area contributed by atoms with Crippen LogP contribution < -0.4 is 5.32 Å². The van der Waals surface area contributed by atoms with Crippen molar-refractivity contribution in [2.24, 2.45) is 0 Å². The Labute approximate surface area is 178 Å². The van der Waals surface area contributed by atoms with Gasteiger partial charge in [-0.2, -0.15) is 0 Å². The van der Waals surface area contributed by atoms with Crippen molar-refractivity contribution in [2.75, 3.05) is 18.4 Å². The Bertz CT molecular complexity index is 1460. The van der Waals surface area contributed by atoms with Gasteiger partial charge in [0.15, 0.2) is 5.11 Å². The molecule has 0 unspecified atom stereocenters. The molecule has 0 bridgehead atoms. The van der Waals surface area contributed by atoms with Crippen LogP contribution in [0.25, 0.3) is 43.9 Å². The van der Waals surface area contributed by atoms with Crippen LogP contribution in [0, 0.1) is 0 Å². The fourth-order valence-corrected chi connectivity index (χ4v) is 4.50. The number of nitrogens with zero attached hydrogens (tertiary/aromatic N) is 5. The molecule has 3 aromatic heterocycles. The molecule has 6 nitrogen and oxygen atoms in total. The second kappa shape index (κ2) is 6.81. The highest BCUT2D eigenvalue weighted by Gasteiger charge is 2.16. The molecule has 30 heavy (non-hydrogen) atoms. The van der Waals surface area contributed by atoms with Gasteiger partial charge in [-0.25, -0.2) is 9.97 Å². The zero-order chi connectivity index (χ0) is 20.1. The lowest BCUT2D eigenvalue weighted by Gasteiger charge is -2.19. The lowest BCUT2D eigenvalue weighted by Crippen LogP contribution is -2.31. The fraction of sp³-hybridized carbons (Fsp3) is 0.174. The average Bonchev–Trinajstić information content (AvgIpc) is 3.33. The molecule has 0 aliphatic carbocycles. The third kappa shape index (κ3) is 2.74. The number of benzene rings is 2. The van der Waals surface area contributed by atoms with Gasteiger partial charge in [-0.05, 0) is 67.5 Å². The van der Waals surface area contributed by atoms with Crippen molar-refractivity contribution in [1.82, 2.24) is 24.8 Å². The predicted molar refractivity (Wildman–Crippen MR) is 125 cm³/mol. The summed E-state index contributed by atoms with van der Waals surface area (Å²) in [7, 11) is 0. The summed E-state index contributed by atoms with van der Waals surface area (Å²) in [4.78, 5) is 21.3. The molecule has 1 aliphatic rings. The molecule has 2 aromatic carbocycles. The van der Waals surface area contributed by atoms with Crippen LogP contribution in [0.1, 0.15) is 12.8 Å². The van der Waals surface area contributed by atoms with Gasteiger partial charge in [0.05, 0.1) is 33.1 Å². The monoisotopic (exact) mass is 410 g/mol. The Morgan fingerprint density at radius 2 is 1.43 bits per heavy atom. The normalized spacial score (nSPS) is 14.2. The van der Waals surface area contributed by atoms with Crippen LogP contribution >= 0.6 is 12.2 Å². The van der Waals surface area contributed by atoms with Gasteiger partial charge in [0.25, 0.3) is 0 Å². The summed E-state index contributed by atoms with van der Waals surface area (Å²) in [5.41, 5.74) is 5.98. The molecule has 0 spiro atoms. The third-order valence-electron chi connectivity index (χ3n) is 5.66. The molecule has 146 valence electrons. The highest BCUT2D eigenvalue weighted by atomic mass is 32.1. The fourth-order valence-electron chi connectivity index (χ4n) is 4.20. The molecular weight excluding hydrogens is 392 g/mol. The Morgan fingerprint density at radius 3 is 2.10 bits per heavy atom. The van der Waals surface area contributed by atoms with E-state index in [1.165, 1.54) is 12.8 Å². The minimum Gasteiger partial charge on any atom is -0.349 e. The maximum absolute atomic E-state index is 5.58. The van der Waals surface area contributed by atoms with E-state index in [1.54, 1.807) is 12.4 Å². The first-order valence-electron chi connectivity index (χ1n) is 10.1. The van der Waals surface area contributed by atoms with E-state index in [-0.39, 0.29) is 0 Å². The average molecular weight is 411 g/mol. The summed E-state index contributed by atoms with van der Waals surface area (Å²) in [6.45, 7) is 2.04. The van der Waals surface area contributed by atoms with Crippen LogP contribution in [0.5, 0.6) is 0 Å². The summed E-state index contributed by atoms with van der Waals surface area (Å²) in [5.74, 6) is 0. The number of nitrogens with one attached hydrogen (secondary N) is 1. The van der Waals surface area contributed by atoms with Crippen molar-refractivity contribution in [3.63, 3.8) is 0 Å². The Kier molecular flexibility index (Phi) is 3.95. The number of fused-ring (bicyclic) bond motifs is 7. The molecule has 1 N–H and O–H groups in total. The number of likely N-dealkylation sites (tertiary alicyclic amines) is 1. The van der Waals surface area contributed by atoms with Gasteiger partial charge in [0, 0.05) is 41.9 Å². The molecule has 1 aliphatic heterocycles. The van der Waals surface area contributed by atoms with Gasteiger partial charge in [-0.15, -0.1) is 0 Å². The number of pyridine rings is 2. The Morgan fingerprint density at radius 1 is 0.800 bits per heavy atom. The van der Waals surface area contributed by atoms with E-state index in [0.29, 0.717) is 0 Å². The van der Waals surface area contributed by atoms with E-state index >= 15 is 0 Å². The molecule has 7 heteroatoms. The van der Waals surface area contributed by atoms with Gasteiger partial charge >= 0.3 is 0 Å². The van der Waals surface area contributed by atoms with E-state index in [9.17, 15) is 0 Å². The van der Waals surface area contributed by atoms with Gasteiger partial charge in [-0.3, -0.25) is 9.97 Å². The summed E-state index contributed by atoms with van der Waals surface area (Å²) in [6, 6.07) is 13.9. The largest absolute Gasteiger partial charge is 0.349 e. The maximum atomic E-state index is 5.58. The Balaban J connectivity index is 1.55. The van der Waals surface area contributed by atoms with Gasteiger partial charge in [0.2, 0.25) is 0 Å². The minimum absolute atomic E-state index is 0.771. The van der Waals surface area contributed by atoms with Gasteiger partial charge in [-0.1, -0.05) is 0 Å². The highest BCUT2D eigenvalue weighted by Crippen LogP contribution is 2.32. The molecule has 1 saturated heterocycles. The highest BCUT2D eigenvalue weighted by molar-refractivity contribution is 7.80. The number of hydrogen-bond donors (Lipinski definition) is 1. The minimum atomic E-state index is 0.771. The third-order valence-corrected chi connectivity index (χ3v) is 6.02. The Hall–Kier alpha value is -3.45. The first-order valence-corrected chi connectivity index (χ1v) is 10.5. The summed E-state index contributed by atoms with van der Waals surface area (Å²) >= 11 is 5.58. The van der Waals surface area contributed by atoms with Crippen LogP contribution in [0.2, 0.25) is 0 Å². The van der Waals surface area contributed by atoms with E-state index in [2.05, 4.69) is 20.2 Å². The first kappa shape index (κ1) is 17.4. The zero-order valence-corrected chi connectivity index (χ0v) is 17.0. The van der Waals surface area contributed by atoms with Crippen LogP contribution in [-0.4, -0.2) is 43.0 Å². The van der Waals surface area contributed by atoms with Gasteiger partial charge < -0.3 is 10.2 Å². The molecule has 0 radical (unpaired) electrons. The lowest BCUT2D eigenvalue weighted by atomic mass is 10.1. The van der Waals surface area contributed by atoms with E-state index in [1.807, 2.05) is 42.5 Å². The second-order valence-corrected chi connectivity index (χ2v) is 7.93. The topological polar surface area (TPSA) is 66.8 Å². The summed E-state index contributed by atoms with van der Waals surface area (Å²) in [6.07, 6.45) is 5.97. The molecule has 0 saturated carbocycles. The molecule has 0 amide bonds. The molecule has 1 fully saturated rings. The van der Waals surface area contributed by atoms with Crippen molar-refractivity contribution in [2.45, 2.75) is 12.8 Å². The molecule has 5 aromatic rings. The van der Waals surface area contributed by atoms with Gasteiger partial charge in [0.1, 0.15) is 0 Å². The van der Waals surface area contributed by atoms with Crippen LogP contribution in [-0.2, 0) is 0 Å². The smallest absolute Gasteiger partial charge is 0.173 e.